The zero-order chi connectivity index (χ0) is 29.9. The number of ether oxygens (including phenoxy) is 1. The summed E-state index contributed by atoms with van der Waals surface area (Å²) in [6, 6.07) is 19.5. The van der Waals surface area contributed by atoms with E-state index < -0.39 is 0 Å². The van der Waals surface area contributed by atoms with Crippen LogP contribution in [0.2, 0.25) is 0 Å². The summed E-state index contributed by atoms with van der Waals surface area (Å²) in [7, 11) is 1.90. The Bertz CT molecular complexity index is 1780. The van der Waals surface area contributed by atoms with Crippen LogP contribution >= 0.6 is 0 Å². The molecule has 5 heterocycles. The van der Waals surface area contributed by atoms with Crippen LogP contribution in [0.5, 0.6) is 5.75 Å². The molecule has 0 saturated carbocycles. The van der Waals surface area contributed by atoms with E-state index >= 15 is 0 Å². The van der Waals surface area contributed by atoms with Crippen LogP contribution in [0.25, 0.3) is 11.0 Å². The van der Waals surface area contributed by atoms with Crippen LogP contribution in [0.3, 0.4) is 0 Å². The third kappa shape index (κ3) is 5.88. The van der Waals surface area contributed by atoms with Crippen LogP contribution in [0.15, 0.2) is 82.4 Å². The van der Waals surface area contributed by atoms with Gasteiger partial charge in [-0.25, -0.2) is 4.98 Å². The van der Waals surface area contributed by atoms with Gasteiger partial charge in [0.1, 0.15) is 28.9 Å². The lowest BCUT2D eigenvalue weighted by atomic mass is 10.0. The van der Waals surface area contributed by atoms with Gasteiger partial charge in [0, 0.05) is 54.6 Å². The first-order valence-electron chi connectivity index (χ1n) is 15.2. The van der Waals surface area contributed by atoms with Crippen molar-refractivity contribution in [2.24, 2.45) is 0 Å². The second kappa shape index (κ2) is 12.5. The van der Waals surface area contributed by atoms with E-state index in [0.717, 1.165) is 79.3 Å². The maximum absolute atomic E-state index is 14.2. The van der Waals surface area contributed by atoms with Crippen LogP contribution in [0.4, 0.5) is 23.0 Å². The van der Waals surface area contributed by atoms with Gasteiger partial charge < -0.3 is 30.1 Å². The smallest absolute Gasteiger partial charge is 0.276 e. The number of aromatic nitrogens is 4. The number of benzene rings is 2. The Kier molecular flexibility index (Phi) is 7.95. The minimum atomic E-state index is -0.163. The highest BCUT2D eigenvalue weighted by molar-refractivity contribution is 5.81. The SMILES string of the molecule is CN(c1ccccc1)c1cc2cnc(Nc3ccc(OC4CCCNC4)cc3)nc2n(Cc2cnoc2C2CCNC2)c1=O. The highest BCUT2D eigenvalue weighted by Gasteiger charge is 2.25. The standard InChI is InChI=1S/C33H36N8O3/c1-40(26-6-3-2-4-7-26)29-16-23-18-36-33(38-25-9-11-27(12-10-25)43-28-8-5-14-34-20-28)39-31(23)41(32(29)42)21-24-19-37-44-30(24)22-13-15-35-17-22/h2-4,6-7,9-12,16,18-19,22,28,34-35H,5,8,13-15,17,20-21H2,1H3,(H,36,38,39). The normalized spacial score (nSPS) is 18.4. The molecule has 0 aliphatic carbocycles. The van der Waals surface area contributed by atoms with Gasteiger partial charge in [-0.2, -0.15) is 4.98 Å². The Labute approximate surface area is 255 Å². The van der Waals surface area contributed by atoms with E-state index in [4.69, 9.17) is 14.2 Å². The van der Waals surface area contributed by atoms with Crippen LogP contribution < -0.4 is 31.1 Å². The molecule has 44 heavy (non-hydrogen) atoms. The Morgan fingerprint density at radius 3 is 2.66 bits per heavy atom. The van der Waals surface area contributed by atoms with Crippen molar-refractivity contribution in [1.29, 1.82) is 0 Å². The third-order valence-electron chi connectivity index (χ3n) is 8.41. The predicted molar refractivity (Wildman–Crippen MR) is 170 cm³/mol. The molecule has 2 atom stereocenters. The first-order valence-corrected chi connectivity index (χ1v) is 15.2. The van der Waals surface area contributed by atoms with E-state index in [1.54, 1.807) is 17.0 Å². The third-order valence-corrected chi connectivity index (χ3v) is 8.41. The van der Waals surface area contributed by atoms with E-state index in [1.165, 1.54) is 0 Å². The minimum Gasteiger partial charge on any atom is -0.489 e. The zero-order valence-corrected chi connectivity index (χ0v) is 24.7. The molecule has 11 heteroatoms. The van der Waals surface area contributed by atoms with E-state index in [2.05, 4.69) is 26.1 Å². The van der Waals surface area contributed by atoms with Gasteiger partial charge in [0.2, 0.25) is 5.95 Å². The molecule has 0 amide bonds. The molecule has 2 aromatic carbocycles. The molecule has 226 valence electrons. The molecular weight excluding hydrogens is 556 g/mol. The molecule has 0 radical (unpaired) electrons. The van der Waals surface area contributed by atoms with Crippen LogP contribution in [-0.4, -0.2) is 59.0 Å². The van der Waals surface area contributed by atoms with Crippen LogP contribution in [-0.2, 0) is 6.54 Å². The zero-order valence-electron chi connectivity index (χ0n) is 24.7. The Morgan fingerprint density at radius 1 is 1.05 bits per heavy atom. The van der Waals surface area contributed by atoms with Crippen molar-refractivity contribution in [2.45, 2.75) is 37.8 Å². The number of rotatable bonds is 9. The van der Waals surface area contributed by atoms with E-state index in [9.17, 15) is 4.79 Å². The summed E-state index contributed by atoms with van der Waals surface area (Å²) in [5.41, 5.74) is 3.49. The number of nitrogens with zero attached hydrogens (tertiary/aromatic N) is 5. The number of nitrogens with one attached hydrogen (secondary N) is 3. The molecule has 7 rings (SSSR count). The molecule has 2 unspecified atom stereocenters. The van der Waals surface area contributed by atoms with Crippen LogP contribution in [0.1, 0.15) is 36.5 Å². The molecule has 0 bridgehead atoms. The summed E-state index contributed by atoms with van der Waals surface area (Å²) in [6.45, 7) is 3.94. The molecule has 3 N–H and O–H groups in total. The molecule has 2 aliphatic rings. The molecule has 3 aromatic heterocycles. The Balaban J connectivity index is 1.22. The molecule has 11 nitrogen and oxygen atoms in total. The van der Waals surface area contributed by atoms with Gasteiger partial charge in [0.05, 0.1) is 12.7 Å². The summed E-state index contributed by atoms with van der Waals surface area (Å²) in [5.74, 6) is 2.26. The first kappa shape index (κ1) is 28.1. The summed E-state index contributed by atoms with van der Waals surface area (Å²) in [4.78, 5) is 25.5. The van der Waals surface area contributed by atoms with Crippen molar-refractivity contribution < 1.29 is 9.26 Å². The quantitative estimate of drug-likeness (QED) is 0.225. The van der Waals surface area contributed by atoms with Crippen LogP contribution in [0, 0.1) is 0 Å². The second-order valence-corrected chi connectivity index (χ2v) is 11.4. The highest BCUT2D eigenvalue weighted by Crippen LogP contribution is 2.29. The number of hydrogen-bond acceptors (Lipinski definition) is 10. The van der Waals surface area contributed by atoms with Crippen molar-refractivity contribution in [3.63, 3.8) is 0 Å². The van der Waals surface area contributed by atoms with Gasteiger partial charge in [0.25, 0.3) is 5.56 Å². The topological polar surface area (TPSA) is 122 Å². The van der Waals surface area contributed by atoms with Gasteiger partial charge in [-0.05, 0) is 74.8 Å². The summed E-state index contributed by atoms with van der Waals surface area (Å²) < 4.78 is 13.5. The monoisotopic (exact) mass is 592 g/mol. The van der Waals surface area contributed by atoms with Gasteiger partial charge in [0.15, 0.2) is 0 Å². The maximum Gasteiger partial charge on any atom is 0.276 e. The lowest BCUT2D eigenvalue weighted by Crippen LogP contribution is -2.37. The number of pyridine rings is 1. The van der Waals surface area contributed by atoms with Gasteiger partial charge in [-0.3, -0.25) is 9.36 Å². The van der Waals surface area contributed by atoms with Crippen molar-refractivity contribution >= 4 is 34.0 Å². The van der Waals surface area contributed by atoms with Crippen molar-refractivity contribution in [1.82, 2.24) is 30.3 Å². The van der Waals surface area contributed by atoms with Crippen molar-refractivity contribution in [3.05, 3.63) is 94.7 Å². The van der Waals surface area contributed by atoms with E-state index in [0.29, 0.717) is 17.3 Å². The van der Waals surface area contributed by atoms with Crippen molar-refractivity contribution in [3.8, 4) is 5.75 Å². The molecular formula is C33H36N8O3. The lowest BCUT2D eigenvalue weighted by molar-refractivity contribution is 0.167. The lowest BCUT2D eigenvalue weighted by Gasteiger charge is -2.24. The fourth-order valence-electron chi connectivity index (χ4n) is 6.01. The largest absolute Gasteiger partial charge is 0.489 e. The molecule has 5 aromatic rings. The van der Waals surface area contributed by atoms with E-state index in [1.807, 2.05) is 72.6 Å². The Hall–Kier alpha value is -4.74. The average molecular weight is 593 g/mol. The fourth-order valence-corrected chi connectivity index (χ4v) is 6.01. The van der Waals surface area contributed by atoms with Gasteiger partial charge >= 0.3 is 0 Å². The maximum atomic E-state index is 14.2. The average Bonchev–Trinajstić information content (AvgIpc) is 3.76. The summed E-state index contributed by atoms with van der Waals surface area (Å²) >= 11 is 0. The highest BCUT2D eigenvalue weighted by atomic mass is 16.5. The predicted octanol–water partition coefficient (Wildman–Crippen LogP) is 4.55. The first-order chi connectivity index (χ1) is 21.6. The van der Waals surface area contributed by atoms with E-state index in [-0.39, 0.29) is 24.1 Å². The molecule has 2 fully saturated rings. The van der Waals surface area contributed by atoms with Gasteiger partial charge in [-0.15, -0.1) is 0 Å². The Morgan fingerprint density at radius 2 is 1.89 bits per heavy atom. The molecule has 0 spiro atoms. The number of piperidine rings is 1. The second-order valence-electron chi connectivity index (χ2n) is 11.4. The fraction of sp³-hybridized carbons (Fsp3) is 0.333. The van der Waals surface area contributed by atoms with Gasteiger partial charge in [-0.1, -0.05) is 23.4 Å². The molecule has 2 aliphatic heterocycles. The van der Waals surface area contributed by atoms with Crippen molar-refractivity contribution in [2.75, 3.05) is 43.4 Å². The summed E-state index contributed by atoms with van der Waals surface area (Å²) in [6.07, 6.45) is 6.79. The number of anilines is 4. The molecule has 2 saturated heterocycles. The summed E-state index contributed by atoms with van der Waals surface area (Å²) in [5, 5.41) is 14.9. The minimum absolute atomic E-state index is 0.163. The number of hydrogen-bond donors (Lipinski definition) is 3. The number of fused-ring (bicyclic) bond motifs is 1. The number of para-hydroxylation sites is 1.